The van der Waals surface area contributed by atoms with E-state index in [9.17, 15) is 0 Å². The Morgan fingerprint density at radius 2 is 2.05 bits per heavy atom. The molecular weight excluding hydrogens is 308 g/mol. The summed E-state index contributed by atoms with van der Waals surface area (Å²) in [6, 6.07) is 11.0. The molecule has 0 atom stereocenters. The molecule has 0 aliphatic carbocycles. The van der Waals surface area contributed by atoms with Crippen molar-refractivity contribution in [1.29, 1.82) is 0 Å². The lowest BCUT2D eigenvalue weighted by Gasteiger charge is -2.14. The third kappa shape index (κ3) is 3.43. The van der Waals surface area contributed by atoms with Crippen LogP contribution in [-0.4, -0.2) is 17.3 Å². The summed E-state index contributed by atoms with van der Waals surface area (Å²) in [5.41, 5.74) is 7.34. The van der Waals surface area contributed by atoms with Crippen molar-refractivity contribution in [2.75, 3.05) is 6.26 Å². The maximum atomic E-state index is 8.97. The van der Waals surface area contributed by atoms with Gasteiger partial charge in [-0.25, -0.2) is 0 Å². The molecule has 0 saturated carbocycles. The van der Waals surface area contributed by atoms with Crippen LogP contribution >= 0.6 is 23.4 Å². The zero-order chi connectivity index (χ0) is 15.4. The molecule has 2 aromatic rings. The number of nitrogens with zero attached hydrogens (tertiary/aromatic N) is 1. The van der Waals surface area contributed by atoms with Crippen LogP contribution < -0.4 is 10.5 Å². The summed E-state index contributed by atoms with van der Waals surface area (Å²) in [6.07, 6.45) is 1.91. The first-order chi connectivity index (χ1) is 10.1. The van der Waals surface area contributed by atoms with E-state index in [4.69, 9.17) is 27.3 Å². The van der Waals surface area contributed by atoms with E-state index in [1.807, 2.05) is 37.4 Å². The Kier molecular flexibility index (Phi) is 4.98. The van der Waals surface area contributed by atoms with Gasteiger partial charge < -0.3 is 15.7 Å². The number of nitrogens with two attached hydrogens (primary N) is 1. The van der Waals surface area contributed by atoms with Crippen LogP contribution in [0.2, 0.25) is 5.02 Å². The molecular formula is C15H15ClN2O2S. The van der Waals surface area contributed by atoms with E-state index in [1.54, 1.807) is 12.1 Å². The minimum absolute atomic E-state index is 0.00118. The molecule has 0 heterocycles. The van der Waals surface area contributed by atoms with Crippen molar-refractivity contribution in [2.45, 2.75) is 11.8 Å². The fourth-order valence-corrected chi connectivity index (χ4v) is 2.66. The highest BCUT2D eigenvalue weighted by molar-refractivity contribution is 7.98. The van der Waals surface area contributed by atoms with Crippen LogP contribution in [0.3, 0.4) is 0 Å². The van der Waals surface area contributed by atoms with Gasteiger partial charge in [-0.15, -0.1) is 11.8 Å². The summed E-state index contributed by atoms with van der Waals surface area (Å²) in [7, 11) is 0. The van der Waals surface area contributed by atoms with Gasteiger partial charge in [0.2, 0.25) is 0 Å². The Bertz CT molecular complexity index is 689. The molecule has 110 valence electrons. The van der Waals surface area contributed by atoms with Gasteiger partial charge in [0.05, 0.1) is 10.6 Å². The van der Waals surface area contributed by atoms with E-state index in [-0.39, 0.29) is 5.84 Å². The normalized spacial score (nSPS) is 11.5. The van der Waals surface area contributed by atoms with E-state index in [1.165, 1.54) is 11.8 Å². The highest BCUT2D eigenvalue weighted by Crippen LogP contribution is 2.35. The van der Waals surface area contributed by atoms with Crippen LogP contribution in [-0.2, 0) is 0 Å². The molecule has 0 unspecified atom stereocenters. The molecule has 2 aromatic carbocycles. The molecule has 4 nitrogen and oxygen atoms in total. The van der Waals surface area contributed by atoms with E-state index in [0.29, 0.717) is 22.1 Å². The van der Waals surface area contributed by atoms with Gasteiger partial charge in [-0.05, 0) is 43.0 Å². The molecule has 3 N–H and O–H groups in total. The second-order valence-corrected chi connectivity index (χ2v) is 5.61. The molecule has 0 radical (unpaired) electrons. The average Bonchev–Trinajstić information content (AvgIpc) is 2.49. The Balaban J connectivity index is 2.51. The van der Waals surface area contributed by atoms with Crippen molar-refractivity contribution in [3.05, 3.63) is 52.5 Å². The van der Waals surface area contributed by atoms with Crippen molar-refractivity contribution in [2.24, 2.45) is 10.9 Å². The quantitative estimate of drug-likeness (QED) is 0.290. The fraction of sp³-hybridized carbons (Fsp3) is 0.133. The first-order valence-corrected chi connectivity index (χ1v) is 7.76. The summed E-state index contributed by atoms with van der Waals surface area (Å²) >= 11 is 7.63. The number of amidine groups is 1. The minimum Gasteiger partial charge on any atom is -0.455 e. The molecule has 2 rings (SSSR count). The van der Waals surface area contributed by atoms with Gasteiger partial charge in [0.1, 0.15) is 11.5 Å². The highest BCUT2D eigenvalue weighted by atomic mass is 35.5. The van der Waals surface area contributed by atoms with Gasteiger partial charge in [0.25, 0.3) is 0 Å². The summed E-state index contributed by atoms with van der Waals surface area (Å²) in [4.78, 5) is 0.853. The number of hydrogen-bond acceptors (Lipinski definition) is 4. The van der Waals surface area contributed by atoms with Gasteiger partial charge in [0.15, 0.2) is 5.84 Å². The number of rotatable bonds is 4. The van der Waals surface area contributed by atoms with Gasteiger partial charge in [0, 0.05) is 4.90 Å². The zero-order valence-corrected chi connectivity index (χ0v) is 13.2. The summed E-state index contributed by atoms with van der Waals surface area (Å²) in [6.45, 7) is 1.95. The molecule has 21 heavy (non-hydrogen) atoms. The first kappa shape index (κ1) is 15.5. The summed E-state index contributed by atoms with van der Waals surface area (Å²) in [5.74, 6) is 1.02. The number of halogens is 1. The van der Waals surface area contributed by atoms with E-state index in [0.717, 1.165) is 10.5 Å². The van der Waals surface area contributed by atoms with Crippen LogP contribution in [0, 0.1) is 6.92 Å². The predicted molar refractivity (Wildman–Crippen MR) is 87.0 cm³/mol. The zero-order valence-electron chi connectivity index (χ0n) is 11.6. The Morgan fingerprint density at radius 1 is 1.29 bits per heavy atom. The SMILES string of the molecule is CSc1cccc(Oc2cc(C)ccc2Cl)c1/C(N)=N/O. The maximum absolute atomic E-state index is 8.97. The Morgan fingerprint density at radius 3 is 2.71 bits per heavy atom. The van der Waals surface area contributed by atoms with Crippen LogP contribution in [0.5, 0.6) is 11.5 Å². The van der Waals surface area contributed by atoms with Crippen molar-refractivity contribution in [3.8, 4) is 11.5 Å². The largest absolute Gasteiger partial charge is 0.455 e. The smallest absolute Gasteiger partial charge is 0.175 e. The van der Waals surface area contributed by atoms with E-state index < -0.39 is 0 Å². The molecule has 0 aliphatic heterocycles. The molecule has 0 saturated heterocycles. The van der Waals surface area contributed by atoms with Crippen LogP contribution in [0.4, 0.5) is 0 Å². The topological polar surface area (TPSA) is 67.8 Å². The number of oxime groups is 1. The molecule has 6 heteroatoms. The summed E-state index contributed by atoms with van der Waals surface area (Å²) < 4.78 is 5.87. The Labute approximate surface area is 132 Å². The van der Waals surface area contributed by atoms with Gasteiger partial charge in [-0.3, -0.25) is 0 Å². The van der Waals surface area contributed by atoms with Crippen LogP contribution in [0.25, 0.3) is 0 Å². The summed E-state index contributed by atoms with van der Waals surface area (Å²) in [5, 5.41) is 12.5. The third-order valence-corrected chi connectivity index (χ3v) is 3.97. The lowest BCUT2D eigenvalue weighted by molar-refractivity contribution is 0.318. The highest BCUT2D eigenvalue weighted by Gasteiger charge is 2.15. The van der Waals surface area contributed by atoms with Crippen molar-refractivity contribution in [1.82, 2.24) is 0 Å². The van der Waals surface area contributed by atoms with Crippen molar-refractivity contribution in [3.63, 3.8) is 0 Å². The Hall–Kier alpha value is -1.85. The van der Waals surface area contributed by atoms with Crippen molar-refractivity contribution < 1.29 is 9.94 Å². The number of thioether (sulfide) groups is 1. The molecule has 0 spiro atoms. The standard InChI is InChI=1S/C15H15ClN2O2S/c1-9-6-7-10(16)12(8-9)20-11-4-3-5-13(21-2)14(11)15(17)18-19/h3-8,19H,1-2H3,(H2,17,18). The average molecular weight is 323 g/mol. The molecule has 0 bridgehead atoms. The van der Waals surface area contributed by atoms with Crippen LogP contribution in [0.15, 0.2) is 46.4 Å². The minimum atomic E-state index is -0.00118. The van der Waals surface area contributed by atoms with Gasteiger partial charge in [-0.2, -0.15) is 0 Å². The number of aryl methyl sites for hydroxylation is 1. The van der Waals surface area contributed by atoms with Crippen LogP contribution in [0.1, 0.15) is 11.1 Å². The first-order valence-electron chi connectivity index (χ1n) is 6.15. The second kappa shape index (κ2) is 6.74. The van der Waals surface area contributed by atoms with Gasteiger partial charge in [-0.1, -0.05) is 28.9 Å². The fourth-order valence-electron chi connectivity index (χ4n) is 1.88. The van der Waals surface area contributed by atoms with E-state index >= 15 is 0 Å². The van der Waals surface area contributed by atoms with Gasteiger partial charge >= 0.3 is 0 Å². The number of ether oxygens (including phenoxy) is 1. The predicted octanol–water partition coefficient (Wildman–Crippen LogP) is 4.26. The molecule has 0 aliphatic rings. The number of benzene rings is 2. The monoisotopic (exact) mass is 322 g/mol. The third-order valence-electron chi connectivity index (χ3n) is 2.88. The lowest BCUT2D eigenvalue weighted by atomic mass is 10.1. The van der Waals surface area contributed by atoms with Crippen molar-refractivity contribution >= 4 is 29.2 Å². The molecule has 0 fully saturated rings. The molecule has 0 amide bonds. The van der Waals surface area contributed by atoms with E-state index in [2.05, 4.69) is 5.16 Å². The number of hydrogen-bond donors (Lipinski definition) is 2. The molecule has 0 aromatic heterocycles. The lowest BCUT2D eigenvalue weighted by Crippen LogP contribution is -2.15. The maximum Gasteiger partial charge on any atom is 0.175 e. The second-order valence-electron chi connectivity index (χ2n) is 4.35.